The van der Waals surface area contributed by atoms with Crippen molar-refractivity contribution < 1.29 is 0 Å². The number of halogens is 1. The van der Waals surface area contributed by atoms with Crippen molar-refractivity contribution in [2.75, 3.05) is 0 Å². The van der Waals surface area contributed by atoms with Crippen LogP contribution in [0.15, 0.2) is 0 Å². The van der Waals surface area contributed by atoms with E-state index >= 15 is 0 Å². The zero-order chi connectivity index (χ0) is 12.3. The van der Waals surface area contributed by atoms with Crippen LogP contribution in [0.2, 0.25) is 0 Å². The van der Waals surface area contributed by atoms with Gasteiger partial charge in [0.05, 0.1) is 17.6 Å². The number of nitrogens with zero attached hydrogens (tertiary/aromatic N) is 2. The third-order valence-corrected chi connectivity index (χ3v) is 4.19. The number of aryl methyl sites for hydroxylation is 1. The normalized spacial score (nSPS) is 17.6. The quantitative estimate of drug-likeness (QED) is 0.735. The molecule has 1 heterocycles. The van der Waals surface area contributed by atoms with Crippen molar-refractivity contribution >= 4 is 11.6 Å². The van der Waals surface area contributed by atoms with Crippen molar-refractivity contribution in [1.82, 2.24) is 9.78 Å². The van der Waals surface area contributed by atoms with Gasteiger partial charge in [-0.25, -0.2) is 0 Å². The van der Waals surface area contributed by atoms with Crippen molar-refractivity contribution in [3.05, 3.63) is 17.0 Å². The van der Waals surface area contributed by atoms with E-state index in [-0.39, 0.29) is 0 Å². The molecule has 0 radical (unpaired) electrons. The molecule has 0 unspecified atom stereocenters. The fraction of sp³-hybridized carbons (Fsp3) is 0.786. The van der Waals surface area contributed by atoms with Crippen LogP contribution in [0, 0.1) is 0 Å². The summed E-state index contributed by atoms with van der Waals surface area (Å²) in [6.07, 6.45) is 8.72. The maximum atomic E-state index is 6.09. The molecule has 0 atom stereocenters. The van der Waals surface area contributed by atoms with E-state index in [4.69, 9.17) is 16.7 Å². The molecule has 17 heavy (non-hydrogen) atoms. The minimum atomic E-state index is 0.610. The van der Waals surface area contributed by atoms with E-state index in [0.29, 0.717) is 11.9 Å². The van der Waals surface area contributed by atoms with E-state index in [0.717, 1.165) is 12.8 Å². The van der Waals surface area contributed by atoms with Crippen LogP contribution in [0.4, 0.5) is 0 Å². The van der Waals surface area contributed by atoms with Crippen molar-refractivity contribution in [1.29, 1.82) is 0 Å². The molecule has 0 bridgehead atoms. The molecule has 1 aliphatic carbocycles. The fourth-order valence-corrected chi connectivity index (χ4v) is 3.31. The summed E-state index contributed by atoms with van der Waals surface area (Å²) >= 11 is 6.09. The Kier molecular flexibility index (Phi) is 4.49. The Bertz CT molecular complexity index is 365. The largest absolute Gasteiger partial charge is 0.266 e. The Balaban J connectivity index is 2.34. The summed E-state index contributed by atoms with van der Waals surface area (Å²) in [5.41, 5.74) is 3.88. The predicted octanol–water partition coefficient (Wildman–Crippen LogP) is 4.25. The molecular formula is C14H23ClN2. The number of rotatable bonds is 4. The van der Waals surface area contributed by atoms with Gasteiger partial charge in [0, 0.05) is 11.3 Å². The lowest BCUT2D eigenvalue weighted by molar-refractivity contribution is 0.321. The maximum absolute atomic E-state index is 6.09. The standard InChI is InChI=1S/C14H23ClN2/c1-3-13-12(10-15)14(4-2)17(16-13)11-8-6-5-7-9-11/h11H,3-10H2,1-2H3. The van der Waals surface area contributed by atoms with E-state index in [2.05, 4.69) is 18.5 Å². The molecule has 1 aromatic rings. The molecule has 0 aliphatic heterocycles. The average Bonchev–Trinajstić information content (AvgIpc) is 2.77. The first-order valence-corrected chi connectivity index (χ1v) is 7.50. The summed E-state index contributed by atoms with van der Waals surface area (Å²) in [5, 5.41) is 4.83. The van der Waals surface area contributed by atoms with Gasteiger partial charge in [0.15, 0.2) is 0 Å². The Hall–Kier alpha value is -0.500. The number of hydrogen-bond acceptors (Lipinski definition) is 1. The zero-order valence-corrected chi connectivity index (χ0v) is 11.8. The number of hydrogen-bond donors (Lipinski definition) is 0. The van der Waals surface area contributed by atoms with Crippen molar-refractivity contribution in [3.8, 4) is 0 Å². The third kappa shape index (κ3) is 2.52. The van der Waals surface area contributed by atoms with Gasteiger partial charge < -0.3 is 0 Å². The first-order chi connectivity index (χ1) is 8.31. The molecule has 0 N–H and O–H groups in total. The topological polar surface area (TPSA) is 17.8 Å². The second-order valence-electron chi connectivity index (χ2n) is 4.95. The SMILES string of the molecule is CCc1nn(C2CCCCC2)c(CC)c1CCl. The molecule has 1 fully saturated rings. The summed E-state index contributed by atoms with van der Waals surface area (Å²) in [6, 6.07) is 0.626. The van der Waals surface area contributed by atoms with Crippen molar-refractivity contribution in [3.63, 3.8) is 0 Å². The molecule has 1 aromatic heterocycles. The lowest BCUT2D eigenvalue weighted by Crippen LogP contribution is -2.16. The minimum Gasteiger partial charge on any atom is -0.266 e. The van der Waals surface area contributed by atoms with Crippen LogP contribution < -0.4 is 0 Å². The summed E-state index contributed by atoms with van der Waals surface area (Å²) in [7, 11) is 0. The predicted molar refractivity (Wildman–Crippen MR) is 72.7 cm³/mol. The molecule has 0 aromatic carbocycles. The Morgan fingerprint density at radius 2 is 1.88 bits per heavy atom. The Labute approximate surface area is 109 Å². The zero-order valence-electron chi connectivity index (χ0n) is 11.0. The van der Waals surface area contributed by atoms with Gasteiger partial charge in [0.1, 0.15) is 0 Å². The lowest BCUT2D eigenvalue weighted by atomic mass is 9.95. The highest BCUT2D eigenvalue weighted by atomic mass is 35.5. The first-order valence-electron chi connectivity index (χ1n) is 6.96. The molecule has 2 nitrogen and oxygen atoms in total. The Morgan fingerprint density at radius 3 is 2.41 bits per heavy atom. The van der Waals surface area contributed by atoms with Crippen LogP contribution in [0.1, 0.15) is 68.9 Å². The molecular weight excluding hydrogens is 232 g/mol. The van der Waals surface area contributed by atoms with Crippen molar-refractivity contribution in [2.24, 2.45) is 0 Å². The highest BCUT2D eigenvalue weighted by Crippen LogP contribution is 2.31. The number of aromatic nitrogens is 2. The fourth-order valence-electron chi connectivity index (χ4n) is 3.00. The van der Waals surface area contributed by atoms with Gasteiger partial charge in [-0.3, -0.25) is 4.68 Å². The second-order valence-corrected chi connectivity index (χ2v) is 5.22. The highest BCUT2D eigenvalue weighted by Gasteiger charge is 2.22. The smallest absolute Gasteiger partial charge is 0.0669 e. The van der Waals surface area contributed by atoms with Gasteiger partial charge in [0.2, 0.25) is 0 Å². The third-order valence-electron chi connectivity index (χ3n) is 3.93. The van der Waals surface area contributed by atoms with Gasteiger partial charge in [-0.1, -0.05) is 33.1 Å². The van der Waals surface area contributed by atoms with E-state index in [1.807, 2.05) is 0 Å². The molecule has 0 amide bonds. The van der Waals surface area contributed by atoms with Crippen LogP contribution in [-0.4, -0.2) is 9.78 Å². The maximum Gasteiger partial charge on any atom is 0.0669 e. The van der Waals surface area contributed by atoms with Crippen LogP contribution in [0.5, 0.6) is 0 Å². The van der Waals surface area contributed by atoms with Crippen LogP contribution >= 0.6 is 11.6 Å². The van der Waals surface area contributed by atoms with Gasteiger partial charge in [-0.05, 0) is 25.7 Å². The molecule has 2 rings (SSSR count). The molecule has 1 aliphatic rings. The summed E-state index contributed by atoms with van der Waals surface area (Å²) in [5.74, 6) is 0.610. The second kappa shape index (κ2) is 5.90. The molecule has 96 valence electrons. The average molecular weight is 255 g/mol. The minimum absolute atomic E-state index is 0.610. The lowest BCUT2D eigenvalue weighted by Gasteiger charge is -2.24. The summed E-state index contributed by atoms with van der Waals surface area (Å²) < 4.78 is 2.30. The Morgan fingerprint density at radius 1 is 1.18 bits per heavy atom. The van der Waals surface area contributed by atoms with E-state index in [1.165, 1.54) is 49.1 Å². The van der Waals surface area contributed by atoms with Crippen LogP contribution in [-0.2, 0) is 18.7 Å². The van der Waals surface area contributed by atoms with Crippen LogP contribution in [0.3, 0.4) is 0 Å². The molecule has 3 heteroatoms. The van der Waals surface area contributed by atoms with E-state index < -0.39 is 0 Å². The summed E-state index contributed by atoms with van der Waals surface area (Å²) in [6.45, 7) is 4.38. The summed E-state index contributed by atoms with van der Waals surface area (Å²) in [4.78, 5) is 0. The number of alkyl halides is 1. The van der Waals surface area contributed by atoms with E-state index in [1.54, 1.807) is 0 Å². The van der Waals surface area contributed by atoms with Gasteiger partial charge in [-0.15, -0.1) is 11.6 Å². The van der Waals surface area contributed by atoms with Crippen molar-refractivity contribution in [2.45, 2.75) is 70.7 Å². The van der Waals surface area contributed by atoms with Gasteiger partial charge in [-0.2, -0.15) is 5.10 Å². The monoisotopic (exact) mass is 254 g/mol. The van der Waals surface area contributed by atoms with E-state index in [9.17, 15) is 0 Å². The molecule has 0 saturated heterocycles. The molecule has 1 saturated carbocycles. The van der Waals surface area contributed by atoms with Gasteiger partial charge in [0.25, 0.3) is 0 Å². The first kappa shape index (κ1) is 12.9. The van der Waals surface area contributed by atoms with Crippen LogP contribution in [0.25, 0.3) is 0 Å². The molecule has 0 spiro atoms. The highest BCUT2D eigenvalue weighted by molar-refractivity contribution is 6.17. The van der Waals surface area contributed by atoms with Gasteiger partial charge >= 0.3 is 0 Å².